The van der Waals surface area contributed by atoms with Crippen molar-refractivity contribution in [3.05, 3.63) is 65.6 Å². The van der Waals surface area contributed by atoms with Gasteiger partial charge in [-0.1, -0.05) is 12.1 Å². The van der Waals surface area contributed by atoms with E-state index in [1.165, 1.54) is 10.9 Å². The van der Waals surface area contributed by atoms with Gasteiger partial charge in [-0.15, -0.1) is 0 Å². The van der Waals surface area contributed by atoms with Crippen LogP contribution in [0, 0.1) is 6.92 Å². The van der Waals surface area contributed by atoms with Gasteiger partial charge in [-0.25, -0.2) is 4.98 Å². The largest absolute Gasteiger partial charge is 0.472 e. The van der Waals surface area contributed by atoms with Crippen LogP contribution in [0.25, 0.3) is 5.69 Å². The molecule has 1 fully saturated rings. The van der Waals surface area contributed by atoms with Crippen LogP contribution >= 0.6 is 0 Å². The number of aryl methyl sites for hydroxylation is 1. The number of likely N-dealkylation sites (tertiary alicyclic amines) is 1. The van der Waals surface area contributed by atoms with Crippen LogP contribution < -0.4 is 4.74 Å². The van der Waals surface area contributed by atoms with Gasteiger partial charge in [0.15, 0.2) is 0 Å². The van der Waals surface area contributed by atoms with Crippen LogP contribution in [-0.4, -0.2) is 49.5 Å². The number of carbonyl (C=O) groups excluding carboxylic acids is 1. The number of hydrogen-bond donors (Lipinski definition) is 0. The van der Waals surface area contributed by atoms with Gasteiger partial charge in [0.1, 0.15) is 11.8 Å². The number of alkyl halides is 3. The fourth-order valence-corrected chi connectivity index (χ4v) is 3.91. The van der Waals surface area contributed by atoms with E-state index in [9.17, 15) is 18.0 Å². The molecule has 0 saturated carbocycles. The van der Waals surface area contributed by atoms with Crippen LogP contribution in [0.15, 0.2) is 48.9 Å². The number of rotatable bonds is 4. The SMILES string of the molecule is Cc1cccc(C(=O)N2CCCC(Oc3ccc(C(F)(F)F)cn3)C2C)c1-n1nccn1. The van der Waals surface area contributed by atoms with Gasteiger partial charge in [-0.2, -0.15) is 28.2 Å². The highest BCUT2D eigenvalue weighted by molar-refractivity contribution is 5.98. The summed E-state index contributed by atoms with van der Waals surface area (Å²) in [5.74, 6) is -0.0803. The van der Waals surface area contributed by atoms with Gasteiger partial charge in [-0.05, 0) is 44.4 Å². The van der Waals surface area contributed by atoms with Gasteiger partial charge in [-0.3, -0.25) is 4.79 Å². The summed E-state index contributed by atoms with van der Waals surface area (Å²) in [6, 6.07) is 7.27. The second kappa shape index (κ2) is 8.60. The standard InChI is InChI=1S/C22H22F3N5O2/c1-14-5-3-6-17(20(14)30-27-10-11-28-30)21(31)29-12-4-7-18(15(29)2)32-19-9-8-16(13-26-19)22(23,24)25/h3,5-6,8-11,13,15,18H,4,7,12H2,1-2H3. The summed E-state index contributed by atoms with van der Waals surface area (Å²) in [4.78, 5) is 20.4. The van der Waals surface area contributed by atoms with Gasteiger partial charge < -0.3 is 9.64 Å². The number of piperidine rings is 1. The molecule has 1 aliphatic heterocycles. The summed E-state index contributed by atoms with van der Waals surface area (Å²) < 4.78 is 44.2. The first-order valence-electron chi connectivity index (χ1n) is 10.2. The Morgan fingerprint density at radius 3 is 2.56 bits per heavy atom. The smallest absolute Gasteiger partial charge is 0.417 e. The van der Waals surface area contributed by atoms with Crippen LogP contribution in [-0.2, 0) is 6.18 Å². The third-order valence-corrected chi connectivity index (χ3v) is 5.60. The zero-order chi connectivity index (χ0) is 22.9. The Hall–Kier alpha value is -3.43. The van der Waals surface area contributed by atoms with E-state index in [2.05, 4.69) is 15.2 Å². The summed E-state index contributed by atoms with van der Waals surface area (Å²) in [5, 5.41) is 8.34. The molecule has 1 aromatic carbocycles. The van der Waals surface area contributed by atoms with E-state index in [-0.39, 0.29) is 17.8 Å². The fourth-order valence-electron chi connectivity index (χ4n) is 3.91. The molecule has 1 aliphatic rings. The van der Waals surface area contributed by atoms with Gasteiger partial charge >= 0.3 is 6.18 Å². The highest BCUT2D eigenvalue weighted by atomic mass is 19.4. The molecule has 7 nitrogen and oxygen atoms in total. The third kappa shape index (κ3) is 4.30. The average molecular weight is 445 g/mol. The van der Waals surface area contributed by atoms with Crippen molar-refractivity contribution in [3.63, 3.8) is 0 Å². The maximum absolute atomic E-state index is 13.5. The van der Waals surface area contributed by atoms with E-state index in [4.69, 9.17) is 4.74 Å². The second-order valence-electron chi connectivity index (χ2n) is 7.71. The molecule has 1 amide bonds. The lowest BCUT2D eigenvalue weighted by Crippen LogP contribution is -2.51. The van der Waals surface area contributed by atoms with Crippen molar-refractivity contribution in [2.45, 2.75) is 45.0 Å². The van der Waals surface area contributed by atoms with Crippen molar-refractivity contribution in [1.82, 2.24) is 24.9 Å². The molecular formula is C22H22F3N5O2. The summed E-state index contributed by atoms with van der Waals surface area (Å²) in [6.07, 6.45) is 0.352. The number of aromatic nitrogens is 4. The zero-order valence-corrected chi connectivity index (χ0v) is 17.6. The number of ether oxygens (including phenoxy) is 1. The van der Waals surface area contributed by atoms with E-state index in [1.54, 1.807) is 23.4 Å². The number of para-hydroxylation sites is 1. The summed E-state index contributed by atoms with van der Waals surface area (Å²) in [6.45, 7) is 4.30. The van der Waals surface area contributed by atoms with E-state index in [0.29, 0.717) is 30.6 Å². The van der Waals surface area contributed by atoms with Gasteiger partial charge in [0.05, 0.1) is 29.6 Å². The van der Waals surface area contributed by atoms with E-state index < -0.39 is 17.8 Å². The molecule has 3 heterocycles. The summed E-state index contributed by atoms with van der Waals surface area (Å²) in [5.41, 5.74) is 1.11. The van der Waals surface area contributed by atoms with Crippen molar-refractivity contribution in [3.8, 4) is 11.6 Å². The first-order chi connectivity index (χ1) is 15.3. The zero-order valence-electron chi connectivity index (χ0n) is 17.6. The van der Waals surface area contributed by atoms with Crippen molar-refractivity contribution in [2.75, 3.05) is 6.54 Å². The highest BCUT2D eigenvalue weighted by Gasteiger charge is 2.35. The van der Waals surface area contributed by atoms with Gasteiger partial charge in [0.2, 0.25) is 5.88 Å². The lowest BCUT2D eigenvalue weighted by molar-refractivity contribution is -0.137. The number of amides is 1. The van der Waals surface area contributed by atoms with Crippen LogP contribution in [0.5, 0.6) is 5.88 Å². The van der Waals surface area contributed by atoms with Crippen LogP contribution in [0.1, 0.15) is 41.3 Å². The molecule has 0 spiro atoms. The first-order valence-corrected chi connectivity index (χ1v) is 10.2. The first kappa shape index (κ1) is 21.8. The Labute approximate surface area is 182 Å². The Bertz CT molecular complexity index is 1080. The Balaban J connectivity index is 1.55. The third-order valence-electron chi connectivity index (χ3n) is 5.60. The number of halogens is 3. The second-order valence-corrected chi connectivity index (χ2v) is 7.71. The molecule has 1 saturated heterocycles. The molecule has 2 aromatic heterocycles. The van der Waals surface area contributed by atoms with E-state index in [1.807, 2.05) is 26.0 Å². The average Bonchev–Trinajstić information content (AvgIpc) is 3.29. The van der Waals surface area contributed by atoms with E-state index in [0.717, 1.165) is 17.8 Å². The number of pyridine rings is 1. The maximum Gasteiger partial charge on any atom is 0.417 e. The highest BCUT2D eigenvalue weighted by Crippen LogP contribution is 2.30. The molecule has 2 unspecified atom stereocenters. The topological polar surface area (TPSA) is 73.1 Å². The molecule has 168 valence electrons. The van der Waals surface area contributed by atoms with Crippen LogP contribution in [0.2, 0.25) is 0 Å². The van der Waals surface area contributed by atoms with Crippen molar-refractivity contribution in [1.29, 1.82) is 0 Å². The molecule has 0 aliphatic carbocycles. The number of carbonyl (C=O) groups is 1. The van der Waals surface area contributed by atoms with Crippen LogP contribution in [0.4, 0.5) is 13.2 Å². The molecular weight excluding hydrogens is 423 g/mol. The predicted molar refractivity (Wildman–Crippen MR) is 109 cm³/mol. The summed E-state index contributed by atoms with van der Waals surface area (Å²) >= 11 is 0. The Morgan fingerprint density at radius 2 is 1.91 bits per heavy atom. The Kier molecular flexibility index (Phi) is 5.86. The molecule has 3 aromatic rings. The van der Waals surface area contributed by atoms with Crippen molar-refractivity contribution < 1.29 is 22.7 Å². The van der Waals surface area contributed by atoms with Crippen molar-refractivity contribution in [2.24, 2.45) is 0 Å². The Morgan fingerprint density at radius 1 is 1.16 bits per heavy atom. The van der Waals surface area contributed by atoms with Crippen LogP contribution in [0.3, 0.4) is 0 Å². The molecule has 4 rings (SSSR count). The summed E-state index contributed by atoms with van der Waals surface area (Å²) in [7, 11) is 0. The maximum atomic E-state index is 13.5. The molecule has 0 bridgehead atoms. The fraction of sp³-hybridized carbons (Fsp3) is 0.364. The number of benzene rings is 1. The minimum atomic E-state index is -4.46. The normalized spacial score (nSPS) is 19.1. The predicted octanol–water partition coefficient (Wildman–Crippen LogP) is 4.06. The number of nitrogens with zero attached hydrogens (tertiary/aromatic N) is 5. The lowest BCUT2D eigenvalue weighted by Gasteiger charge is -2.39. The molecule has 0 N–H and O–H groups in total. The number of hydrogen-bond acceptors (Lipinski definition) is 5. The molecule has 0 radical (unpaired) electrons. The van der Waals surface area contributed by atoms with Gasteiger partial charge in [0, 0.05) is 18.8 Å². The minimum absolute atomic E-state index is 0.0983. The van der Waals surface area contributed by atoms with Crippen molar-refractivity contribution >= 4 is 5.91 Å². The molecule has 10 heteroatoms. The lowest BCUT2D eigenvalue weighted by atomic mass is 9.98. The van der Waals surface area contributed by atoms with E-state index >= 15 is 0 Å². The van der Waals surface area contributed by atoms with Gasteiger partial charge in [0.25, 0.3) is 5.91 Å². The minimum Gasteiger partial charge on any atom is -0.472 e. The monoisotopic (exact) mass is 445 g/mol. The molecule has 2 atom stereocenters. The quantitative estimate of drug-likeness (QED) is 0.606. The molecule has 32 heavy (non-hydrogen) atoms.